The van der Waals surface area contributed by atoms with Crippen LogP contribution in [0.25, 0.3) is 0 Å². The minimum Gasteiger partial charge on any atom is -0.497 e. The van der Waals surface area contributed by atoms with Crippen LogP contribution in [0.3, 0.4) is 0 Å². The molecule has 0 aromatic heterocycles. The van der Waals surface area contributed by atoms with E-state index < -0.39 is 29.9 Å². The zero-order valence-corrected chi connectivity index (χ0v) is 23.9. The topological polar surface area (TPSA) is 124 Å². The summed E-state index contributed by atoms with van der Waals surface area (Å²) in [7, 11) is 4.58. The molecule has 11 nitrogen and oxygen atoms in total. The summed E-state index contributed by atoms with van der Waals surface area (Å²) in [6.45, 7) is 2.14. The molecule has 11 heteroatoms. The normalized spacial score (nSPS) is 14.5. The zero-order chi connectivity index (χ0) is 30.2. The molecular formula is C31H33N3O8. The smallest absolute Gasteiger partial charge is 0.338 e. The van der Waals surface area contributed by atoms with Crippen LogP contribution in [0.4, 0.5) is 16.2 Å². The van der Waals surface area contributed by atoms with Gasteiger partial charge in [-0.05, 0) is 67.4 Å². The van der Waals surface area contributed by atoms with E-state index in [9.17, 15) is 19.2 Å². The van der Waals surface area contributed by atoms with Gasteiger partial charge in [0.05, 0.1) is 45.6 Å². The van der Waals surface area contributed by atoms with Gasteiger partial charge in [0.25, 0.3) is 5.91 Å². The molecule has 1 aliphatic rings. The summed E-state index contributed by atoms with van der Waals surface area (Å²) in [5, 5.41) is 2.75. The van der Waals surface area contributed by atoms with Crippen LogP contribution in [-0.2, 0) is 20.7 Å². The monoisotopic (exact) mass is 575 g/mol. The van der Waals surface area contributed by atoms with Crippen molar-refractivity contribution in [3.05, 3.63) is 77.9 Å². The highest BCUT2D eigenvalue weighted by Crippen LogP contribution is 2.31. The molecule has 4 amide bonds. The van der Waals surface area contributed by atoms with Gasteiger partial charge in [0, 0.05) is 18.3 Å². The Hall–Kier alpha value is -5.06. The van der Waals surface area contributed by atoms with Crippen molar-refractivity contribution in [2.24, 2.45) is 0 Å². The maximum absolute atomic E-state index is 13.6. The van der Waals surface area contributed by atoms with Crippen molar-refractivity contribution >= 4 is 35.2 Å². The molecule has 0 bridgehead atoms. The van der Waals surface area contributed by atoms with Gasteiger partial charge in [-0.25, -0.2) is 14.5 Å². The lowest BCUT2D eigenvalue weighted by atomic mass is 10.1. The highest BCUT2D eigenvalue weighted by atomic mass is 16.5. The molecule has 0 spiro atoms. The highest BCUT2D eigenvalue weighted by molar-refractivity contribution is 6.22. The molecule has 0 saturated carbocycles. The van der Waals surface area contributed by atoms with Gasteiger partial charge in [0.2, 0.25) is 5.91 Å². The van der Waals surface area contributed by atoms with Crippen molar-refractivity contribution in [1.82, 2.24) is 4.90 Å². The predicted octanol–water partition coefficient (Wildman–Crippen LogP) is 4.30. The summed E-state index contributed by atoms with van der Waals surface area (Å²) in [5.74, 6) is 0.150. The second-order valence-electron chi connectivity index (χ2n) is 9.36. The number of imide groups is 1. The van der Waals surface area contributed by atoms with Gasteiger partial charge in [0.15, 0.2) is 11.5 Å². The van der Waals surface area contributed by atoms with Gasteiger partial charge in [0.1, 0.15) is 11.8 Å². The fourth-order valence-electron chi connectivity index (χ4n) is 4.65. The van der Waals surface area contributed by atoms with Crippen LogP contribution in [0.1, 0.15) is 29.3 Å². The zero-order valence-electron chi connectivity index (χ0n) is 23.9. The van der Waals surface area contributed by atoms with Crippen molar-refractivity contribution < 1.29 is 38.1 Å². The van der Waals surface area contributed by atoms with E-state index in [2.05, 4.69) is 5.32 Å². The fourth-order valence-corrected chi connectivity index (χ4v) is 4.65. The maximum Gasteiger partial charge on any atom is 0.338 e. The number of urea groups is 1. The van der Waals surface area contributed by atoms with Crippen LogP contribution in [0.5, 0.6) is 17.2 Å². The number of rotatable bonds is 12. The third-order valence-corrected chi connectivity index (χ3v) is 6.78. The number of amides is 4. The van der Waals surface area contributed by atoms with Crippen LogP contribution in [-0.4, -0.2) is 69.2 Å². The van der Waals surface area contributed by atoms with E-state index in [-0.39, 0.29) is 19.6 Å². The number of benzene rings is 3. The average molecular weight is 576 g/mol. The largest absolute Gasteiger partial charge is 0.497 e. The van der Waals surface area contributed by atoms with Gasteiger partial charge in [-0.2, -0.15) is 0 Å². The minimum absolute atomic E-state index is 0.173. The van der Waals surface area contributed by atoms with Crippen molar-refractivity contribution in [2.75, 3.05) is 44.7 Å². The van der Waals surface area contributed by atoms with Gasteiger partial charge in [-0.3, -0.25) is 9.59 Å². The second-order valence-corrected chi connectivity index (χ2v) is 9.36. The Morgan fingerprint density at radius 1 is 0.881 bits per heavy atom. The predicted molar refractivity (Wildman–Crippen MR) is 155 cm³/mol. The van der Waals surface area contributed by atoms with E-state index in [1.807, 2.05) is 12.1 Å². The number of hydrogen-bond acceptors (Lipinski definition) is 8. The molecule has 4 rings (SSSR count). The molecule has 0 unspecified atom stereocenters. The van der Waals surface area contributed by atoms with Gasteiger partial charge < -0.3 is 29.2 Å². The van der Waals surface area contributed by atoms with Gasteiger partial charge in [-0.15, -0.1) is 0 Å². The van der Waals surface area contributed by atoms with Crippen molar-refractivity contribution in [3.8, 4) is 17.2 Å². The second kappa shape index (κ2) is 13.5. The van der Waals surface area contributed by atoms with Crippen LogP contribution in [0, 0.1) is 0 Å². The van der Waals surface area contributed by atoms with E-state index in [0.29, 0.717) is 40.6 Å². The number of nitrogens with zero attached hydrogens (tertiary/aromatic N) is 2. The maximum atomic E-state index is 13.6. The number of carbonyl (C=O) groups is 4. The molecule has 0 radical (unpaired) electrons. The summed E-state index contributed by atoms with van der Waals surface area (Å²) in [5.41, 5.74) is 1.99. The van der Waals surface area contributed by atoms with Crippen LogP contribution < -0.4 is 24.4 Å². The van der Waals surface area contributed by atoms with Crippen molar-refractivity contribution in [1.29, 1.82) is 0 Å². The fraction of sp³-hybridized carbons (Fsp3) is 0.290. The molecular weight excluding hydrogens is 542 g/mol. The standard InChI is InChI=1S/C31H33N3O8/c1-5-42-30(37)21-10-12-22(13-11-21)32-28(35)19-25-29(36)34(23-7-6-8-24(18-23)39-2)31(38)33(25)16-15-20-9-14-26(40-3)27(17-20)41-4/h6-14,17-18,25H,5,15-16,19H2,1-4H3,(H,32,35)/t25-/m1/s1. The highest BCUT2D eigenvalue weighted by Gasteiger charge is 2.46. The molecule has 1 saturated heterocycles. The number of methoxy groups -OCH3 is 3. The molecule has 0 aliphatic carbocycles. The first-order valence-electron chi connectivity index (χ1n) is 13.4. The SMILES string of the molecule is CCOC(=O)c1ccc(NC(=O)C[C@@H]2C(=O)N(c3cccc(OC)c3)C(=O)N2CCc2ccc(OC)c(OC)c2)cc1. The summed E-state index contributed by atoms with van der Waals surface area (Å²) >= 11 is 0. The Morgan fingerprint density at radius 2 is 1.62 bits per heavy atom. The Morgan fingerprint density at radius 3 is 2.29 bits per heavy atom. The lowest BCUT2D eigenvalue weighted by Crippen LogP contribution is -2.39. The van der Waals surface area contributed by atoms with E-state index in [1.54, 1.807) is 56.5 Å². The summed E-state index contributed by atoms with van der Waals surface area (Å²) in [4.78, 5) is 54.8. The first kappa shape index (κ1) is 29.9. The molecule has 1 fully saturated rings. The number of ether oxygens (including phenoxy) is 4. The molecule has 220 valence electrons. The summed E-state index contributed by atoms with van der Waals surface area (Å²) < 4.78 is 20.9. The lowest BCUT2D eigenvalue weighted by molar-refractivity contribution is -0.124. The van der Waals surface area contributed by atoms with E-state index in [4.69, 9.17) is 18.9 Å². The first-order chi connectivity index (χ1) is 20.3. The van der Waals surface area contributed by atoms with Crippen molar-refractivity contribution in [2.45, 2.75) is 25.8 Å². The van der Waals surface area contributed by atoms with E-state index in [1.165, 1.54) is 31.3 Å². The van der Waals surface area contributed by atoms with Gasteiger partial charge in [-0.1, -0.05) is 12.1 Å². The number of hydrogen-bond donors (Lipinski definition) is 1. The molecule has 1 N–H and O–H groups in total. The number of esters is 1. The summed E-state index contributed by atoms with van der Waals surface area (Å²) in [6.07, 6.45) is 0.134. The number of anilines is 2. The van der Waals surface area contributed by atoms with E-state index in [0.717, 1.165) is 10.5 Å². The third-order valence-electron chi connectivity index (χ3n) is 6.78. The molecule has 1 aliphatic heterocycles. The molecule has 1 heterocycles. The van der Waals surface area contributed by atoms with Gasteiger partial charge >= 0.3 is 12.0 Å². The lowest BCUT2D eigenvalue weighted by Gasteiger charge is -2.22. The Kier molecular flexibility index (Phi) is 9.64. The third kappa shape index (κ3) is 6.63. The molecule has 3 aromatic rings. The van der Waals surface area contributed by atoms with E-state index >= 15 is 0 Å². The minimum atomic E-state index is -1.04. The number of carbonyl (C=O) groups excluding carboxylic acids is 4. The van der Waals surface area contributed by atoms with Crippen LogP contribution in [0.2, 0.25) is 0 Å². The number of nitrogens with one attached hydrogen (secondary N) is 1. The molecule has 42 heavy (non-hydrogen) atoms. The summed E-state index contributed by atoms with van der Waals surface area (Å²) in [6, 6.07) is 16.7. The first-order valence-corrected chi connectivity index (χ1v) is 13.4. The van der Waals surface area contributed by atoms with Crippen molar-refractivity contribution in [3.63, 3.8) is 0 Å². The Labute approximate surface area is 243 Å². The van der Waals surface area contributed by atoms with Crippen LogP contribution in [0.15, 0.2) is 66.7 Å². The molecule has 1 atom stereocenters. The van der Waals surface area contributed by atoms with Crippen LogP contribution >= 0.6 is 0 Å². The quantitative estimate of drug-likeness (QED) is 0.251. The Balaban J connectivity index is 1.54. The average Bonchev–Trinajstić information content (AvgIpc) is 3.23. The Bertz CT molecular complexity index is 1460. The molecule has 3 aromatic carbocycles.